The number of non-ortho nitro benzene ring substituents is 1. The summed E-state index contributed by atoms with van der Waals surface area (Å²) in [6.07, 6.45) is 0.758. The van der Waals surface area contributed by atoms with Gasteiger partial charge in [-0.1, -0.05) is 43.0 Å². The minimum absolute atomic E-state index is 0.0629. The Balaban J connectivity index is 1.67. The van der Waals surface area contributed by atoms with E-state index in [0.717, 1.165) is 23.2 Å². The number of carbonyl (C=O) groups excluding carboxylic acids is 2. The first kappa shape index (κ1) is 20.5. The molecule has 1 aliphatic heterocycles. The van der Waals surface area contributed by atoms with E-state index in [1.807, 2.05) is 32.0 Å². The molecule has 1 heterocycles. The van der Waals surface area contributed by atoms with Gasteiger partial charge in [-0.05, 0) is 30.5 Å². The molecule has 2 aromatic carbocycles. The summed E-state index contributed by atoms with van der Waals surface area (Å²) in [6, 6.07) is 11.6. The van der Waals surface area contributed by atoms with E-state index in [9.17, 15) is 19.7 Å². The van der Waals surface area contributed by atoms with E-state index in [0.29, 0.717) is 10.9 Å². The molecule has 1 saturated heterocycles. The maximum atomic E-state index is 12.3. The largest absolute Gasteiger partial charge is 0.326 e. The Morgan fingerprint density at radius 1 is 1.31 bits per heavy atom. The minimum Gasteiger partial charge on any atom is -0.326 e. The Kier molecular flexibility index (Phi) is 6.28. The van der Waals surface area contributed by atoms with Crippen LogP contribution < -0.4 is 10.6 Å². The summed E-state index contributed by atoms with van der Waals surface area (Å²) in [7, 11) is 0. The number of rotatable bonds is 6. The Morgan fingerprint density at radius 3 is 2.79 bits per heavy atom. The number of anilines is 1. The molecule has 1 aliphatic rings. The van der Waals surface area contributed by atoms with Crippen LogP contribution in [0.4, 0.5) is 17.1 Å². The summed E-state index contributed by atoms with van der Waals surface area (Å²) in [5.74, 6) is -0.681. The van der Waals surface area contributed by atoms with Gasteiger partial charge >= 0.3 is 0 Å². The number of nitrogens with zero attached hydrogens (tertiary/aromatic N) is 2. The molecule has 0 bridgehead atoms. The highest BCUT2D eigenvalue weighted by atomic mass is 32.2. The van der Waals surface area contributed by atoms with Gasteiger partial charge in [-0.3, -0.25) is 19.7 Å². The summed E-state index contributed by atoms with van der Waals surface area (Å²) in [4.78, 5) is 39.5. The highest BCUT2D eigenvalue weighted by Gasteiger charge is 2.32. The smallest absolute Gasteiger partial charge is 0.271 e. The molecule has 29 heavy (non-hydrogen) atoms. The van der Waals surface area contributed by atoms with Crippen molar-refractivity contribution in [2.24, 2.45) is 4.99 Å². The second-order valence-electron chi connectivity index (χ2n) is 6.51. The Labute approximate surface area is 171 Å². The van der Waals surface area contributed by atoms with E-state index in [2.05, 4.69) is 15.6 Å². The molecular weight excluding hydrogens is 392 g/mol. The van der Waals surface area contributed by atoms with Gasteiger partial charge in [0.25, 0.3) is 5.69 Å². The normalized spacial score (nSPS) is 17.2. The molecule has 2 N–H and O–H groups in total. The molecule has 8 nitrogen and oxygen atoms in total. The Bertz CT molecular complexity index is 1010. The molecular formula is C20H20N4O4S. The summed E-state index contributed by atoms with van der Waals surface area (Å²) in [5, 5.41) is 16.0. The SMILES string of the molecule is CCc1cccc(C)c1N=C1NC(=O)[C@H](CC(=O)Nc2cccc([N+](=O)[O-])c2)S1. The van der Waals surface area contributed by atoms with Crippen LogP contribution in [-0.2, 0) is 16.0 Å². The molecule has 0 radical (unpaired) electrons. The lowest BCUT2D eigenvalue weighted by Gasteiger charge is -2.08. The van der Waals surface area contributed by atoms with Crippen LogP contribution in [0.2, 0.25) is 0 Å². The van der Waals surface area contributed by atoms with Gasteiger partial charge in [-0.15, -0.1) is 0 Å². The van der Waals surface area contributed by atoms with Crippen molar-refractivity contribution in [3.05, 3.63) is 63.7 Å². The van der Waals surface area contributed by atoms with Crippen molar-refractivity contribution < 1.29 is 14.5 Å². The number of nitrogens with one attached hydrogen (secondary N) is 2. The molecule has 2 amide bonds. The van der Waals surface area contributed by atoms with Crippen LogP contribution >= 0.6 is 11.8 Å². The van der Waals surface area contributed by atoms with Gasteiger partial charge in [0.1, 0.15) is 5.25 Å². The number of thioether (sulfide) groups is 1. The second-order valence-corrected chi connectivity index (χ2v) is 7.70. The zero-order chi connectivity index (χ0) is 21.0. The predicted molar refractivity (Wildman–Crippen MR) is 114 cm³/mol. The van der Waals surface area contributed by atoms with Crippen LogP contribution in [0.5, 0.6) is 0 Å². The molecule has 1 fully saturated rings. The van der Waals surface area contributed by atoms with E-state index in [-0.39, 0.29) is 18.0 Å². The predicted octanol–water partition coefficient (Wildman–Crippen LogP) is 3.71. The highest BCUT2D eigenvalue weighted by Crippen LogP contribution is 2.29. The van der Waals surface area contributed by atoms with E-state index < -0.39 is 16.1 Å². The Hall–Kier alpha value is -3.20. The lowest BCUT2D eigenvalue weighted by atomic mass is 10.1. The van der Waals surface area contributed by atoms with Gasteiger partial charge < -0.3 is 10.6 Å². The monoisotopic (exact) mass is 412 g/mol. The number of hydrogen-bond donors (Lipinski definition) is 2. The number of nitro benzene ring substituents is 1. The third kappa shape index (κ3) is 5.00. The zero-order valence-electron chi connectivity index (χ0n) is 16.0. The number of carbonyl (C=O) groups is 2. The van der Waals surface area contributed by atoms with Crippen LogP contribution in [0, 0.1) is 17.0 Å². The molecule has 2 aromatic rings. The molecule has 150 valence electrons. The quantitative estimate of drug-likeness (QED) is 0.554. The number of nitro groups is 1. The molecule has 9 heteroatoms. The van der Waals surface area contributed by atoms with Crippen molar-refractivity contribution in [1.82, 2.24) is 5.32 Å². The van der Waals surface area contributed by atoms with Gasteiger partial charge in [-0.25, -0.2) is 4.99 Å². The fourth-order valence-corrected chi connectivity index (χ4v) is 3.91. The number of para-hydroxylation sites is 1. The zero-order valence-corrected chi connectivity index (χ0v) is 16.8. The number of amidine groups is 1. The maximum absolute atomic E-state index is 12.3. The number of aryl methyl sites for hydroxylation is 2. The van der Waals surface area contributed by atoms with Crippen molar-refractivity contribution >= 4 is 45.8 Å². The third-order valence-electron chi connectivity index (χ3n) is 4.40. The van der Waals surface area contributed by atoms with Crippen molar-refractivity contribution in [3.63, 3.8) is 0 Å². The summed E-state index contributed by atoms with van der Waals surface area (Å²) in [5.41, 5.74) is 3.13. The number of hydrogen-bond acceptors (Lipinski definition) is 6. The first-order valence-electron chi connectivity index (χ1n) is 9.06. The van der Waals surface area contributed by atoms with E-state index in [1.54, 1.807) is 6.07 Å². The Morgan fingerprint density at radius 2 is 2.07 bits per heavy atom. The summed E-state index contributed by atoms with van der Waals surface area (Å²) in [6.45, 7) is 4.00. The average molecular weight is 412 g/mol. The molecule has 0 unspecified atom stereocenters. The van der Waals surface area contributed by atoms with Gasteiger partial charge in [0.2, 0.25) is 11.8 Å². The van der Waals surface area contributed by atoms with Crippen molar-refractivity contribution in [2.45, 2.75) is 31.9 Å². The number of benzene rings is 2. The molecule has 0 aromatic heterocycles. The fraction of sp³-hybridized carbons (Fsp3) is 0.250. The minimum atomic E-state index is -0.610. The average Bonchev–Trinajstić information content (AvgIpc) is 3.02. The van der Waals surface area contributed by atoms with Gasteiger partial charge in [0.05, 0.1) is 10.6 Å². The fourth-order valence-electron chi connectivity index (χ4n) is 2.94. The lowest BCUT2D eigenvalue weighted by Crippen LogP contribution is -2.28. The maximum Gasteiger partial charge on any atom is 0.271 e. The first-order valence-corrected chi connectivity index (χ1v) is 9.94. The molecule has 3 rings (SSSR count). The van der Waals surface area contributed by atoms with Crippen LogP contribution in [-0.4, -0.2) is 27.2 Å². The summed E-state index contributed by atoms with van der Waals surface area (Å²) < 4.78 is 0. The van der Waals surface area contributed by atoms with Crippen LogP contribution in [0.15, 0.2) is 47.5 Å². The standard InChI is InChI=1S/C20H20N4O4S/c1-3-13-7-4-6-12(2)18(13)22-20-23-19(26)16(29-20)11-17(25)21-14-8-5-9-15(10-14)24(27)28/h4-10,16H,3,11H2,1-2H3,(H,21,25)(H,22,23,26)/t16-/m0/s1. The van der Waals surface area contributed by atoms with E-state index in [4.69, 9.17) is 0 Å². The number of aliphatic imine (C=N–C) groups is 1. The van der Waals surface area contributed by atoms with Crippen LogP contribution in [0.1, 0.15) is 24.5 Å². The van der Waals surface area contributed by atoms with Crippen molar-refractivity contribution in [3.8, 4) is 0 Å². The lowest BCUT2D eigenvalue weighted by molar-refractivity contribution is -0.384. The molecule has 1 atom stereocenters. The first-order chi connectivity index (χ1) is 13.9. The number of amides is 2. The van der Waals surface area contributed by atoms with Gasteiger partial charge in [0, 0.05) is 24.2 Å². The van der Waals surface area contributed by atoms with Crippen molar-refractivity contribution in [2.75, 3.05) is 5.32 Å². The summed E-state index contributed by atoms with van der Waals surface area (Å²) >= 11 is 1.21. The third-order valence-corrected chi connectivity index (χ3v) is 5.49. The van der Waals surface area contributed by atoms with E-state index in [1.165, 1.54) is 30.0 Å². The van der Waals surface area contributed by atoms with Gasteiger partial charge in [-0.2, -0.15) is 0 Å². The van der Waals surface area contributed by atoms with Gasteiger partial charge in [0.15, 0.2) is 5.17 Å². The van der Waals surface area contributed by atoms with Crippen molar-refractivity contribution in [1.29, 1.82) is 0 Å². The molecule has 0 spiro atoms. The molecule has 0 aliphatic carbocycles. The van der Waals surface area contributed by atoms with Crippen LogP contribution in [0.25, 0.3) is 0 Å². The van der Waals surface area contributed by atoms with Crippen LogP contribution in [0.3, 0.4) is 0 Å². The topological polar surface area (TPSA) is 114 Å². The molecule has 0 saturated carbocycles. The highest BCUT2D eigenvalue weighted by molar-refractivity contribution is 8.15. The second kappa shape index (κ2) is 8.87. The van der Waals surface area contributed by atoms with E-state index >= 15 is 0 Å².